The Morgan fingerprint density at radius 2 is 1.72 bits per heavy atom. The van der Waals surface area contributed by atoms with Crippen LogP contribution in [0, 0.1) is 13.8 Å². The molecule has 3 aromatic rings. The van der Waals surface area contributed by atoms with Crippen molar-refractivity contribution >= 4 is 11.0 Å². The van der Waals surface area contributed by atoms with Gasteiger partial charge in [0.2, 0.25) is 11.2 Å². The fourth-order valence-electron chi connectivity index (χ4n) is 4.24. The lowest BCUT2D eigenvalue weighted by molar-refractivity contribution is -0.913. The standard InChI is InChI=1S/C24H27NO4/c1-16-11-17(2)13-18(12-16)29-22-15-28-24-19(23(22)27)7-8-21(26)20(24)14-25-9-5-3-4-6-10-25/h7-8,11-13,15,26H,3-6,9-10,14H2,1-2H3/p+1. The molecule has 5 nitrogen and oxygen atoms in total. The maximum Gasteiger partial charge on any atom is 0.235 e. The van der Waals surface area contributed by atoms with Gasteiger partial charge in [-0.05, 0) is 74.9 Å². The van der Waals surface area contributed by atoms with Gasteiger partial charge in [-0.25, -0.2) is 0 Å². The highest BCUT2D eigenvalue weighted by Crippen LogP contribution is 2.28. The van der Waals surface area contributed by atoms with Gasteiger partial charge in [-0.15, -0.1) is 0 Å². The fraction of sp³-hybridized carbons (Fsp3) is 0.375. The Morgan fingerprint density at radius 1 is 1.03 bits per heavy atom. The normalized spacial score (nSPS) is 15.4. The maximum atomic E-state index is 13.0. The number of phenols is 1. The zero-order valence-electron chi connectivity index (χ0n) is 17.1. The van der Waals surface area contributed by atoms with Crippen LogP contribution in [0.15, 0.2) is 45.8 Å². The van der Waals surface area contributed by atoms with Crippen LogP contribution in [0.3, 0.4) is 0 Å². The molecule has 2 N–H and O–H groups in total. The van der Waals surface area contributed by atoms with Gasteiger partial charge in [0, 0.05) is 0 Å². The lowest BCUT2D eigenvalue weighted by Crippen LogP contribution is -3.10. The third kappa shape index (κ3) is 4.30. The first-order chi connectivity index (χ1) is 14.0. The van der Waals surface area contributed by atoms with Crippen LogP contribution in [-0.2, 0) is 6.54 Å². The first kappa shape index (κ1) is 19.5. The lowest BCUT2D eigenvalue weighted by atomic mass is 10.1. The smallest absolute Gasteiger partial charge is 0.235 e. The molecule has 0 saturated carbocycles. The molecule has 1 aliphatic heterocycles. The van der Waals surface area contributed by atoms with Crippen molar-refractivity contribution in [2.45, 2.75) is 46.1 Å². The van der Waals surface area contributed by atoms with Gasteiger partial charge >= 0.3 is 0 Å². The summed E-state index contributed by atoms with van der Waals surface area (Å²) in [4.78, 5) is 14.5. The summed E-state index contributed by atoms with van der Waals surface area (Å²) < 4.78 is 11.7. The molecule has 0 aliphatic carbocycles. The molecule has 0 unspecified atom stereocenters. The second-order valence-electron chi connectivity index (χ2n) is 8.14. The van der Waals surface area contributed by atoms with Gasteiger partial charge in [-0.1, -0.05) is 6.07 Å². The van der Waals surface area contributed by atoms with Gasteiger partial charge in [0.05, 0.1) is 24.0 Å². The molecular weight excluding hydrogens is 366 g/mol. The van der Waals surface area contributed by atoms with Crippen molar-refractivity contribution < 1.29 is 19.2 Å². The van der Waals surface area contributed by atoms with Crippen LogP contribution in [0.5, 0.6) is 17.2 Å². The Kier molecular flexibility index (Phi) is 5.58. The first-order valence-corrected chi connectivity index (χ1v) is 10.4. The number of phenolic OH excluding ortho intramolecular Hbond substituents is 1. The van der Waals surface area contributed by atoms with Crippen LogP contribution in [0.4, 0.5) is 0 Å². The van der Waals surface area contributed by atoms with E-state index in [9.17, 15) is 9.90 Å². The molecule has 4 rings (SSSR count). The minimum Gasteiger partial charge on any atom is -0.507 e. The van der Waals surface area contributed by atoms with E-state index in [0.29, 0.717) is 28.8 Å². The predicted octanol–water partition coefficient (Wildman–Crippen LogP) is 3.87. The number of fused-ring (bicyclic) bond motifs is 1. The van der Waals surface area contributed by atoms with Crippen molar-refractivity contribution in [2.75, 3.05) is 13.1 Å². The predicted molar refractivity (Wildman–Crippen MR) is 113 cm³/mol. The number of hydrogen-bond donors (Lipinski definition) is 2. The molecule has 1 saturated heterocycles. The zero-order chi connectivity index (χ0) is 20.4. The van der Waals surface area contributed by atoms with Gasteiger partial charge in [-0.2, -0.15) is 0 Å². The Labute approximate surface area is 170 Å². The van der Waals surface area contributed by atoms with Crippen molar-refractivity contribution in [2.24, 2.45) is 0 Å². The highest BCUT2D eigenvalue weighted by atomic mass is 16.5. The Morgan fingerprint density at radius 3 is 2.41 bits per heavy atom. The number of aromatic hydroxyl groups is 1. The number of aryl methyl sites for hydroxylation is 2. The number of rotatable bonds is 4. The highest BCUT2D eigenvalue weighted by molar-refractivity contribution is 5.82. The molecule has 0 bridgehead atoms. The van der Waals surface area contributed by atoms with Crippen LogP contribution in [0.1, 0.15) is 42.4 Å². The summed E-state index contributed by atoms with van der Waals surface area (Å²) in [5.74, 6) is 0.948. The molecule has 2 heterocycles. The molecule has 0 spiro atoms. The van der Waals surface area contributed by atoms with E-state index in [1.54, 1.807) is 12.1 Å². The number of ether oxygens (including phenoxy) is 1. The molecule has 1 aromatic heterocycles. The van der Waals surface area contributed by atoms with Gasteiger partial charge in [0.15, 0.2) is 5.58 Å². The summed E-state index contributed by atoms with van der Waals surface area (Å²) in [5.41, 5.74) is 3.07. The van der Waals surface area contributed by atoms with Crippen molar-refractivity contribution in [3.8, 4) is 17.2 Å². The number of likely N-dealkylation sites (tertiary alicyclic amines) is 1. The summed E-state index contributed by atoms with van der Waals surface area (Å²) >= 11 is 0. The minimum atomic E-state index is -0.225. The van der Waals surface area contributed by atoms with Crippen molar-refractivity contribution in [1.82, 2.24) is 0 Å². The molecule has 152 valence electrons. The molecule has 1 fully saturated rings. The van der Waals surface area contributed by atoms with Crippen LogP contribution in [-0.4, -0.2) is 18.2 Å². The maximum absolute atomic E-state index is 13.0. The van der Waals surface area contributed by atoms with E-state index in [0.717, 1.165) is 24.2 Å². The van der Waals surface area contributed by atoms with Crippen LogP contribution >= 0.6 is 0 Å². The monoisotopic (exact) mass is 394 g/mol. The number of benzene rings is 2. The SMILES string of the molecule is Cc1cc(C)cc(Oc2coc3c(C[NH+]4CCCCCC4)c(O)ccc3c2=O)c1. The highest BCUT2D eigenvalue weighted by Gasteiger charge is 2.20. The molecule has 29 heavy (non-hydrogen) atoms. The van der Waals surface area contributed by atoms with E-state index in [4.69, 9.17) is 9.15 Å². The quantitative estimate of drug-likeness (QED) is 0.705. The summed E-state index contributed by atoms with van der Waals surface area (Å²) in [6.07, 6.45) is 6.28. The van der Waals surface area contributed by atoms with Crippen LogP contribution in [0.25, 0.3) is 11.0 Å². The van der Waals surface area contributed by atoms with Crippen molar-refractivity contribution in [3.05, 3.63) is 63.5 Å². The lowest BCUT2D eigenvalue weighted by Gasteiger charge is -2.18. The van der Waals surface area contributed by atoms with Gasteiger partial charge in [0.1, 0.15) is 24.3 Å². The molecular formula is C24H28NO4+. The Balaban J connectivity index is 1.69. The third-order valence-electron chi connectivity index (χ3n) is 5.65. The summed E-state index contributed by atoms with van der Waals surface area (Å²) in [6, 6.07) is 9.04. The summed E-state index contributed by atoms with van der Waals surface area (Å²) in [5, 5.41) is 10.9. The largest absolute Gasteiger partial charge is 0.507 e. The second-order valence-corrected chi connectivity index (χ2v) is 8.14. The van der Waals surface area contributed by atoms with Gasteiger partial charge in [0.25, 0.3) is 0 Å². The number of quaternary nitrogens is 1. The van der Waals surface area contributed by atoms with E-state index in [-0.39, 0.29) is 16.9 Å². The van der Waals surface area contributed by atoms with Gasteiger partial charge in [-0.3, -0.25) is 4.79 Å². The van der Waals surface area contributed by atoms with Gasteiger partial charge < -0.3 is 19.2 Å². The van der Waals surface area contributed by atoms with Crippen molar-refractivity contribution in [3.63, 3.8) is 0 Å². The molecule has 1 aliphatic rings. The average Bonchev–Trinajstić information content (AvgIpc) is 2.94. The molecule has 0 atom stereocenters. The van der Waals surface area contributed by atoms with E-state index >= 15 is 0 Å². The second kappa shape index (κ2) is 8.29. The van der Waals surface area contributed by atoms with Crippen molar-refractivity contribution in [1.29, 1.82) is 0 Å². The molecule has 5 heteroatoms. The summed E-state index contributed by atoms with van der Waals surface area (Å²) in [7, 11) is 0. The third-order valence-corrected chi connectivity index (χ3v) is 5.65. The summed E-state index contributed by atoms with van der Waals surface area (Å²) in [6.45, 7) is 6.79. The zero-order valence-corrected chi connectivity index (χ0v) is 17.1. The van der Waals surface area contributed by atoms with E-state index < -0.39 is 0 Å². The minimum absolute atomic E-state index is 0.154. The topological polar surface area (TPSA) is 64.1 Å². The Hall–Kier alpha value is -2.79. The van der Waals surface area contributed by atoms with E-state index in [1.807, 2.05) is 26.0 Å². The molecule has 0 radical (unpaired) electrons. The number of nitrogens with one attached hydrogen (secondary N) is 1. The molecule has 0 amide bonds. The number of hydrogen-bond acceptors (Lipinski definition) is 4. The fourth-order valence-corrected chi connectivity index (χ4v) is 4.24. The van der Waals surface area contributed by atoms with E-state index in [2.05, 4.69) is 6.07 Å². The average molecular weight is 394 g/mol. The van der Waals surface area contributed by atoms with Crippen LogP contribution in [0.2, 0.25) is 0 Å². The Bertz CT molecular complexity index is 1060. The van der Waals surface area contributed by atoms with Crippen LogP contribution < -0.4 is 15.1 Å². The first-order valence-electron chi connectivity index (χ1n) is 10.4. The molecule has 2 aromatic carbocycles. The van der Waals surface area contributed by atoms with E-state index in [1.165, 1.54) is 36.8 Å².